The van der Waals surface area contributed by atoms with Crippen LogP contribution < -0.4 is 0 Å². The lowest BCUT2D eigenvalue weighted by Gasteiger charge is -2.08. The lowest BCUT2D eigenvalue weighted by atomic mass is 10.5. The van der Waals surface area contributed by atoms with Gasteiger partial charge in [0.2, 0.25) is 0 Å². The van der Waals surface area contributed by atoms with Crippen LogP contribution >= 0.6 is 23.4 Å². The minimum Gasteiger partial charge on any atom is -0.468 e. The molecule has 1 unspecified atom stereocenters. The molecule has 0 N–H and O–H groups in total. The third-order valence-corrected chi connectivity index (χ3v) is 2.74. The van der Waals surface area contributed by atoms with Gasteiger partial charge in [0.15, 0.2) is 0 Å². The first-order valence-corrected chi connectivity index (χ1v) is 4.90. The average molecular weight is 197 g/mol. The van der Waals surface area contributed by atoms with E-state index in [0.717, 1.165) is 0 Å². The van der Waals surface area contributed by atoms with Gasteiger partial charge in [-0.1, -0.05) is 13.8 Å². The molecule has 0 aromatic rings. The summed E-state index contributed by atoms with van der Waals surface area (Å²) in [6, 6.07) is 0. The number of hydrogen-bond acceptors (Lipinski definition) is 3. The van der Waals surface area contributed by atoms with E-state index in [1.807, 2.05) is 0 Å². The van der Waals surface area contributed by atoms with Crippen molar-refractivity contribution in [2.45, 2.75) is 24.5 Å². The van der Waals surface area contributed by atoms with Crippen LogP contribution in [-0.2, 0) is 9.53 Å². The Balaban J connectivity index is 3.52. The quantitative estimate of drug-likeness (QED) is 0.508. The Hall–Kier alpha value is 0.110. The minimum absolute atomic E-state index is 0.347. The second-order valence-electron chi connectivity index (χ2n) is 2.37. The van der Waals surface area contributed by atoms with Gasteiger partial charge in [0.05, 0.1) is 7.11 Å². The van der Waals surface area contributed by atoms with Crippen LogP contribution in [0.4, 0.5) is 0 Å². The van der Waals surface area contributed by atoms with Crippen LogP contribution in [0, 0.1) is 0 Å². The van der Waals surface area contributed by atoms with Crippen LogP contribution in [0.25, 0.3) is 0 Å². The number of halogens is 1. The summed E-state index contributed by atoms with van der Waals surface area (Å²) in [6.07, 6.45) is 0. The lowest BCUT2D eigenvalue weighted by molar-refractivity contribution is -0.139. The number of ether oxygens (including phenoxy) is 1. The summed E-state index contributed by atoms with van der Waals surface area (Å²) in [5.41, 5.74) is 0. The van der Waals surface area contributed by atoms with Gasteiger partial charge in [-0.15, -0.1) is 11.6 Å². The van der Waals surface area contributed by atoms with Crippen LogP contribution in [0.3, 0.4) is 0 Å². The van der Waals surface area contributed by atoms with Gasteiger partial charge < -0.3 is 4.74 Å². The van der Waals surface area contributed by atoms with Crippen molar-refractivity contribution >= 4 is 29.3 Å². The molecule has 0 bridgehead atoms. The molecule has 11 heavy (non-hydrogen) atoms. The van der Waals surface area contributed by atoms with Crippen LogP contribution in [0.5, 0.6) is 0 Å². The van der Waals surface area contributed by atoms with Gasteiger partial charge in [0.1, 0.15) is 5.38 Å². The Morgan fingerprint density at radius 1 is 1.64 bits per heavy atom. The van der Waals surface area contributed by atoms with Gasteiger partial charge in [-0.25, -0.2) is 0 Å². The van der Waals surface area contributed by atoms with Gasteiger partial charge in [-0.05, 0) is 5.25 Å². The van der Waals surface area contributed by atoms with E-state index in [9.17, 15) is 4.79 Å². The van der Waals surface area contributed by atoms with E-state index >= 15 is 0 Å². The highest BCUT2D eigenvalue weighted by Gasteiger charge is 2.15. The lowest BCUT2D eigenvalue weighted by Crippen LogP contribution is -2.19. The number of alkyl halides is 1. The van der Waals surface area contributed by atoms with Gasteiger partial charge in [0, 0.05) is 5.75 Å². The largest absolute Gasteiger partial charge is 0.468 e. The number of rotatable bonds is 4. The molecule has 0 saturated carbocycles. The van der Waals surface area contributed by atoms with Crippen LogP contribution in [0.2, 0.25) is 0 Å². The van der Waals surface area contributed by atoms with Gasteiger partial charge in [-0.3, -0.25) is 4.79 Å². The van der Waals surface area contributed by atoms with E-state index in [-0.39, 0.29) is 5.97 Å². The van der Waals surface area contributed by atoms with E-state index in [1.54, 1.807) is 11.8 Å². The average Bonchev–Trinajstić information content (AvgIpc) is 1.98. The Morgan fingerprint density at radius 3 is 2.55 bits per heavy atom. The summed E-state index contributed by atoms with van der Waals surface area (Å²) in [7, 11) is 1.34. The number of thioether (sulfide) groups is 1. The van der Waals surface area contributed by atoms with Crippen LogP contribution in [0.15, 0.2) is 0 Å². The first-order valence-electron chi connectivity index (χ1n) is 3.41. The fourth-order valence-electron chi connectivity index (χ4n) is 0.473. The van der Waals surface area contributed by atoms with E-state index in [1.165, 1.54) is 7.11 Å². The third-order valence-electron chi connectivity index (χ3n) is 1.03. The smallest absolute Gasteiger partial charge is 0.324 e. The van der Waals surface area contributed by atoms with Crippen molar-refractivity contribution in [1.82, 2.24) is 0 Å². The van der Waals surface area contributed by atoms with Gasteiger partial charge in [-0.2, -0.15) is 11.8 Å². The number of methoxy groups -OCH3 is 1. The van der Waals surface area contributed by atoms with Crippen molar-refractivity contribution in [3.8, 4) is 0 Å². The van der Waals surface area contributed by atoms with Crippen molar-refractivity contribution in [2.24, 2.45) is 0 Å². The SMILES string of the molecule is COC(=O)C(Cl)CSC(C)C. The molecule has 1 atom stereocenters. The molecule has 0 amide bonds. The molecular weight excluding hydrogens is 184 g/mol. The van der Waals surface area contributed by atoms with E-state index < -0.39 is 5.38 Å². The minimum atomic E-state index is -0.507. The van der Waals surface area contributed by atoms with Gasteiger partial charge >= 0.3 is 5.97 Å². The summed E-state index contributed by atoms with van der Waals surface area (Å²) in [5.74, 6) is 0.270. The van der Waals surface area contributed by atoms with Crippen molar-refractivity contribution in [2.75, 3.05) is 12.9 Å². The molecule has 0 radical (unpaired) electrons. The molecule has 66 valence electrons. The topological polar surface area (TPSA) is 26.3 Å². The highest BCUT2D eigenvalue weighted by atomic mass is 35.5. The summed E-state index contributed by atoms with van der Waals surface area (Å²) >= 11 is 7.33. The molecule has 2 nitrogen and oxygen atoms in total. The molecule has 0 fully saturated rings. The molecule has 0 aromatic carbocycles. The predicted molar refractivity (Wildman–Crippen MR) is 49.3 cm³/mol. The van der Waals surface area contributed by atoms with Crippen LogP contribution in [0.1, 0.15) is 13.8 Å². The van der Waals surface area contributed by atoms with Crippen molar-refractivity contribution < 1.29 is 9.53 Å². The zero-order valence-electron chi connectivity index (χ0n) is 6.96. The Morgan fingerprint density at radius 2 is 2.18 bits per heavy atom. The maximum atomic E-state index is 10.8. The van der Waals surface area contributed by atoms with Crippen LogP contribution in [-0.4, -0.2) is 29.5 Å². The monoisotopic (exact) mass is 196 g/mol. The zero-order chi connectivity index (χ0) is 8.85. The molecule has 0 spiro atoms. The molecule has 0 aliphatic rings. The normalized spacial score (nSPS) is 13.2. The Labute approximate surface area is 76.6 Å². The summed E-state index contributed by atoms with van der Waals surface area (Å²) in [5, 5.41) is -0.00620. The van der Waals surface area contributed by atoms with E-state index in [4.69, 9.17) is 11.6 Å². The van der Waals surface area contributed by atoms with Gasteiger partial charge in [0.25, 0.3) is 0 Å². The maximum Gasteiger partial charge on any atom is 0.324 e. The molecule has 4 heteroatoms. The standard InChI is InChI=1S/C7H13ClO2S/c1-5(2)11-4-6(8)7(9)10-3/h5-6H,4H2,1-3H3. The zero-order valence-corrected chi connectivity index (χ0v) is 8.54. The second-order valence-corrected chi connectivity index (χ2v) is 4.51. The Bertz CT molecular complexity index is 128. The predicted octanol–water partition coefficient (Wildman–Crippen LogP) is 1.91. The van der Waals surface area contributed by atoms with Crippen molar-refractivity contribution in [1.29, 1.82) is 0 Å². The fourth-order valence-corrected chi connectivity index (χ4v) is 1.47. The molecule has 0 rings (SSSR count). The number of carbonyl (C=O) groups is 1. The van der Waals surface area contributed by atoms with E-state index in [0.29, 0.717) is 11.0 Å². The molecule has 0 aromatic heterocycles. The maximum absolute atomic E-state index is 10.8. The molecule has 0 saturated heterocycles. The summed E-state index contributed by atoms with van der Waals surface area (Å²) < 4.78 is 4.46. The third kappa shape index (κ3) is 5.39. The first-order chi connectivity index (χ1) is 5.07. The molecule has 0 aliphatic heterocycles. The molecule has 0 aliphatic carbocycles. The van der Waals surface area contributed by atoms with E-state index in [2.05, 4.69) is 18.6 Å². The second kappa shape index (κ2) is 5.72. The highest BCUT2D eigenvalue weighted by Crippen LogP contribution is 2.14. The van der Waals surface area contributed by atoms with Crippen molar-refractivity contribution in [3.05, 3.63) is 0 Å². The summed E-state index contributed by atoms with van der Waals surface area (Å²) in [6.45, 7) is 4.12. The summed E-state index contributed by atoms with van der Waals surface area (Å²) in [4.78, 5) is 10.8. The fraction of sp³-hybridized carbons (Fsp3) is 0.857. The number of hydrogen-bond donors (Lipinski definition) is 0. The molecule has 0 heterocycles. The first kappa shape index (κ1) is 11.1. The van der Waals surface area contributed by atoms with Crippen molar-refractivity contribution in [3.63, 3.8) is 0 Å². The highest BCUT2D eigenvalue weighted by molar-refractivity contribution is 7.99. The Kier molecular flexibility index (Phi) is 5.78. The number of carbonyl (C=O) groups excluding carboxylic acids is 1. The number of esters is 1. The molecular formula is C7H13ClO2S.